The number of nitrogens with zero attached hydrogens (tertiary/aromatic N) is 6. The van der Waals surface area contributed by atoms with Crippen LogP contribution in [0.4, 0.5) is 6.01 Å². The topological polar surface area (TPSA) is 72.9 Å². The smallest absolute Gasteiger partial charge is 0.324 e. The highest BCUT2D eigenvalue weighted by Gasteiger charge is 2.29. The lowest BCUT2D eigenvalue weighted by Crippen LogP contribution is -2.35. The third-order valence-corrected chi connectivity index (χ3v) is 6.17. The molecule has 0 aliphatic carbocycles. The minimum absolute atomic E-state index is 0.319. The zero-order chi connectivity index (χ0) is 19.8. The Morgan fingerprint density at radius 3 is 2.69 bits per heavy atom. The van der Waals surface area contributed by atoms with E-state index in [-0.39, 0.29) is 0 Å². The quantitative estimate of drug-likeness (QED) is 0.594. The third-order valence-electron chi connectivity index (χ3n) is 5.73. The summed E-state index contributed by atoms with van der Waals surface area (Å²) in [5.74, 6) is 3.04. The Labute approximate surface area is 179 Å². The first-order chi connectivity index (χ1) is 14.2. The van der Waals surface area contributed by atoms with Crippen LogP contribution in [0.2, 0.25) is 10.0 Å². The van der Waals surface area contributed by atoms with E-state index in [0.717, 1.165) is 56.1 Å². The predicted molar refractivity (Wildman–Crippen MR) is 112 cm³/mol. The Morgan fingerprint density at radius 1 is 0.966 bits per heavy atom. The van der Waals surface area contributed by atoms with Crippen LogP contribution in [-0.4, -0.2) is 38.0 Å². The molecule has 2 aliphatic heterocycles. The van der Waals surface area contributed by atoms with Crippen LogP contribution >= 0.6 is 23.2 Å². The van der Waals surface area contributed by atoms with Gasteiger partial charge < -0.3 is 14.0 Å². The zero-order valence-corrected chi connectivity index (χ0v) is 17.5. The lowest BCUT2D eigenvalue weighted by Gasteiger charge is -2.30. The van der Waals surface area contributed by atoms with Gasteiger partial charge in [-0.05, 0) is 43.9 Å². The molecule has 5 rings (SSSR count). The highest BCUT2D eigenvalue weighted by Crippen LogP contribution is 2.32. The lowest BCUT2D eigenvalue weighted by molar-refractivity contribution is 0.387. The van der Waals surface area contributed by atoms with E-state index in [2.05, 4.69) is 29.8 Å². The predicted octanol–water partition coefficient (Wildman–Crippen LogP) is 4.75. The van der Waals surface area contributed by atoms with E-state index in [9.17, 15) is 0 Å². The Bertz CT molecular complexity index is 996. The fraction of sp³-hybridized carbons (Fsp3) is 0.500. The molecule has 3 aromatic rings. The Hall–Kier alpha value is -2.12. The number of halogens is 2. The van der Waals surface area contributed by atoms with Gasteiger partial charge in [-0.2, -0.15) is 4.98 Å². The van der Waals surface area contributed by atoms with Crippen molar-refractivity contribution >= 4 is 29.2 Å². The highest BCUT2D eigenvalue weighted by molar-refractivity contribution is 6.35. The fourth-order valence-electron chi connectivity index (χ4n) is 4.32. The summed E-state index contributed by atoms with van der Waals surface area (Å²) in [6.07, 6.45) is 6.83. The normalized spacial score (nSPS) is 19.8. The van der Waals surface area contributed by atoms with Crippen LogP contribution in [0.1, 0.15) is 49.7 Å². The molecule has 29 heavy (non-hydrogen) atoms. The Balaban J connectivity index is 1.37. The molecule has 7 nitrogen and oxygen atoms in total. The van der Waals surface area contributed by atoms with Gasteiger partial charge in [-0.1, -0.05) is 34.8 Å². The number of piperidine rings is 1. The summed E-state index contributed by atoms with van der Waals surface area (Å²) in [6.45, 7) is 2.71. The minimum atomic E-state index is 0.319. The summed E-state index contributed by atoms with van der Waals surface area (Å²) >= 11 is 12.2. The molecule has 1 saturated heterocycles. The first kappa shape index (κ1) is 18.9. The van der Waals surface area contributed by atoms with Crippen molar-refractivity contribution < 1.29 is 4.52 Å². The number of hydrogen-bond donors (Lipinski definition) is 0. The van der Waals surface area contributed by atoms with Crippen molar-refractivity contribution in [2.45, 2.75) is 51.0 Å². The van der Waals surface area contributed by atoms with Crippen molar-refractivity contribution in [3.05, 3.63) is 39.9 Å². The van der Waals surface area contributed by atoms with Crippen LogP contribution in [0.15, 0.2) is 22.7 Å². The molecule has 9 heteroatoms. The van der Waals surface area contributed by atoms with E-state index in [1.54, 1.807) is 18.2 Å². The molecule has 2 aliphatic rings. The summed E-state index contributed by atoms with van der Waals surface area (Å²) in [6, 6.07) is 5.78. The molecule has 0 N–H and O–H groups in total. The SMILES string of the molecule is Clc1cc(Cl)cc(-c2noc(N3CCCC(c4nnc5n4CCCCC5)C3)n2)c1. The van der Waals surface area contributed by atoms with Crippen molar-refractivity contribution in [1.29, 1.82) is 0 Å². The highest BCUT2D eigenvalue weighted by atomic mass is 35.5. The Morgan fingerprint density at radius 2 is 1.83 bits per heavy atom. The van der Waals surface area contributed by atoms with E-state index in [1.165, 1.54) is 19.3 Å². The number of anilines is 1. The van der Waals surface area contributed by atoms with Gasteiger partial charge in [-0.15, -0.1) is 10.2 Å². The second kappa shape index (κ2) is 7.95. The van der Waals surface area contributed by atoms with Crippen LogP contribution in [0.3, 0.4) is 0 Å². The van der Waals surface area contributed by atoms with Gasteiger partial charge in [0.25, 0.3) is 0 Å². The molecule has 1 unspecified atom stereocenters. The van der Waals surface area contributed by atoms with Crippen LogP contribution in [-0.2, 0) is 13.0 Å². The standard InChI is InChI=1S/C20H22Cl2N6O/c21-15-9-14(10-16(22)11-15)18-23-20(29-26-18)27-7-4-5-13(12-27)19-25-24-17-6-2-1-3-8-28(17)19/h9-11,13H,1-8,12H2. The van der Waals surface area contributed by atoms with E-state index >= 15 is 0 Å². The first-order valence-electron chi connectivity index (χ1n) is 10.1. The van der Waals surface area contributed by atoms with Crippen molar-refractivity contribution in [2.75, 3.05) is 18.0 Å². The number of benzene rings is 1. The lowest BCUT2D eigenvalue weighted by atomic mass is 9.97. The van der Waals surface area contributed by atoms with E-state index in [4.69, 9.17) is 27.7 Å². The maximum Gasteiger partial charge on any atom is 0.324 e. The van der Waals surface area contributed by atoms with Crippen LogP contribution in [0, 0.1) is 0 Å². The monoisotopic (exact) mass is 432 g/mol. The number of hydrogen-bond acceptors (Lipinski definition) is 6. The molecule has 0 amide bonds. The van der Waals surface area contributed by atoms with Gasteiger partial charge in [0.1, 0.15) is 11.6 Å². The summed E-state index contributed by atoms with van der Waals surface area (Å²) in [5.41, 5.74) is 0.744. The minimum Gasteiger partial charge on any atom is -0.324 e. The number of rotatable bonds is 3. The van der Waals surface area contributed by atoms with Crippen molar-refractivity contribution in [3.8, 4) is 11.4 Å². The summed E-state index contributed by atoms with van der Waals surface area (Å²) in [7, 11) is 0. The van der Waals surface area contributed by atoms with Gasteiger partial charge >= 0.3 is 6.01 Å². The van der Waals surface area contributed by atoms with Crippen LogP contribution in [0.25, 0.3) is 11.4 Å². The molecular weight excluding hydrogens is 411 g/mol. The van der Waals surface area contributed by atoms with E-state index in [0.29, 0.717) is 27.8 Å². The molecule has 152 valence electrons. The largest absolute Gasteiger partial charge is 0.324 e. The molecule has 0 bridgehead atoms. The third kappa shape index (κ3) is 3.85. The molecule has 1 atom stereocenters. The second-order valence-electron chi connectivity index (χ2n) is 7.78. The molecule has 0 spiro atoms. The second-order valence-corrected chi connectivity index (χ2v) is 8.65. The van der Waals surface area contributed by atoms with Crippen molar-refractivity contribution in [3.63, 3.8) is 0 Å². The van der Waals surface area contributed by atoms with Crippen molar-refractivity contribution in [1.82, 2.24) is 24.9 Å². The summed E-state index contributed by atoms with van der Waals surface area (Å²) < 4.78 is 7.91. The number of fused-ring (bicyclic) bond motifs is 1. The molecule has 0 saturated carbocycles. The molecule has 1 fully saturated rings. The average molecular weight is 433 g/mol. The van der Waals surface area contributed by atoms with Gasteiger partial charge in [-0.3, -0.25) is 0 Å². The maximum absolute atomic E-state index is 6.11. The van der Waals surface area contributed by atoms with Gasteiger partial charge in [-0.25, -0.2) is 0 Å². The van der Waals surface area contributed by atoms with Gasteiger partial charge in [0.05, 0.1) is 0 Å². The van der Waals surface area contributed by atoms with Gasteiger partial charge in [0.2, 0.25) is 5.82 Å². The molecule has 2 aromatic heterocycles. The maximum atomic E-state index is 6.11. The fourth-order valence-corrected chi connectivity index (χ4v) is 4.84. The molecule has 0 radical (unpaired) electrons. The van der Waals surface area contributed by atoms with Crippen LogP contribution in [0.5, 0.6) is 0 Å². The van der Waals surface area contributed by atoms with Crippen LogP contribution < -0.4 is 4.90 Å². The zero-order valence-electron chi connectivity index (χ0n) is 16.0. The van der Waals surface area contributed by atoms with Gasteiger partial charge in [0, 0.05) is 47.6 Å². The first-order valence-corrected chi connectivity index (χ1v) is 10.9. The summed E-state index contributed by atoms with van der Waals surface area (Å²) in [5, 5.41) is 14.2. The van der Waals surface area contributed by atoms with E-state index in [1.807, 2.05) is 0 Å². The number of aromatic nitrogens is 5. The average Bonchev–Trinajstić information content (AvgIpc) is 3.30. The molecule has 4 heterocycles. The van der Waals surface area contributed by atoms with Crippen molar-refractivity contribution in [2.24, 2.45) is 0 Å². The molecule has 1 aromatic carbocycles. The number of aryl methyl sites for hydroxylation is 1. The Kier molecular flexibility index (Phi) is 5.18. The summed E-state index contributed by atoms with van der Waals surface area (Å²) in [4.78, 5) is 6.74. The molecular formula is C20H22Cl2N6O. The van der Waals surface area contributed by atoms with E-state index < -0.39 is 0 Å². The van der Waals surface area contributed by atoms with Gasteiger partial charge in [0.15, 0.2) is 0 Å².